The van der Waals surface area contributed by atoms with Crippen LogP contribution in [0.25, 0.3) is 0 Å². The van der Waals surface area contributed by atoms with Crippen LogP contribution in [0.15, 0.2) is 0 Å². The molecule has 10 heavy (non-hydrogen) atoms. The molecule has 0 amide bonds. The fourth-order valence-corrected chi connectivity index (χ4v) is 1.41. The van der Waals surface area contributed by atoms with Crippen LogP contribution in [0, 0.1) is 0 Å². The Morgan fingerprint density at radius 3 is 1.70 bits per heavy atom. The largest absolute Gasteiger partial charge is 0.306 e. The molecule has 1 aliphatic rings. The first-order chi connectivity index (χ1) is 4.39. The summed E-state index contributed by atoms with van der Waals surface area (Å²) in [5.74, 6) is 0. The molecule has 0 aromatic carbocycles. The Morgan fingerprint density at radius 2 is 1.20 bits per heavy atom. The first-order valence-electron chi connectivity index (χ1n) is 4.08. The lowest BCUT2D eigenvalue weighted by molar-refractivity contribution is 0.297. The minimum Gasteiger partial charge on any atom is -0.306 e. The summed E-state index contributed by atoms with van der Waals surface area (Å²) < 4.78 is 0. The Bertz CT molecular complexity index is 67.7. The number of nitrogens with zero attached hydrogens (tertiary/aromatic N) is 1. The average Bonchev–Trinajstić information content (AvgIpc) is 1.79. The summed E-state index contributed by atoms with van der Waals surface area (Å²) in [4.78, 5) is 2.44. The maximum absolute atomic E-state index is 2.44. The molecule has 1 rings (SSSR count). The van der Waals surface area contributed by atoms with Crippen LogP contribution in [0.2, 0.25) is 0 Å². The third kappa shape index (κ3) is 4.13. The summed E-state index contributed by atoms with van der Waals surface area (Å²) in [6, 6.07) is 0. The van der Waals surface area contributed by atoms with Gasteiger partial charge in [0.05, 0.1) is 0 Å². The van der Waals surface area contributed by atoms with Crippen molar-refractivity contribution in [3.63, 3.8) is 0 Å². The zero-order valence-electron chi connectivity index (χ0n) is 6.81. The van der Waals surface area contributed by atoms with Crippen molar-refractivity contribution in [3.05, 3.63) is 0 Å². The maximum atomic E-state index is 2.44. The van der Waals surface area contributed by atoms with Gasteiger partial charge in [0.25, 0.3) is 0 Å². The van der Waals surface area contributed by atoms with Crippen LogP contribution in [-0.2, 0) is 0 Å². The highest BCUT2D eigenvalue weighted by Crippen LogP contribution is 2.08. The summed E-state index contributed by atoms with van der Waals surface area (Å²) in [6.45, 7) is 2.64. The number of hydrogen-bond donors (Lipinski definition) is 0. The standard InChI is InChI=1S/C8H17N.ClH/c1-9-7-5-3-2-4-6-8-9;/h2-8H2,1H3;1H. The Morgan fingerprint density at radius 1 is 0.800 bits per heavy atom. The molecule has 0 atom stereocenters. The monoisotopic (exact) mass is 163 g/mol. The molecule has 0 aromatic rings. The van der Waals surface area contributed by atoms with Crippen LogP contribution < -0.4 is 0 Å². The lowest BCUT2D eigenvalue weighted by Gasteiger charge is -2.18. The van der Waals surface area contributed by atoms with E-state index in [1.165, 1.54) is 45.2 Å². The van der Waals surface area contributed by atoms with Crippen molar-refractivity contribution in [2.45, 2.75) is 32.1 Å². The van der Waals surface area contributed by atoms with E-state index in [0.29, 0.717) is 0 Å². The zero-order chi connectivity index (χ0) is 6.53. The molecule has 0 unspecified atom stereocenters. The van der Waals surface area contributed by atoms with Crippen molar-refractivity contribution in [2.75, 3.05) is 20.1 Å². The molecule has 0 bridgehead atoms. The highest BCUT2D eigenvalue weighted by atomic mass is 35.5. The third-order valence-corrected chi connectivity index (χ3v) is 2.08. The third-order valence-electron chi connectivity index (χ3n) is 2.08. The number of halogens is 1. The predicted molar refractivity (Wildman–Crippen MR) is 47.8 cm³/mol. The fraction of sp³-hybridized carbons (Fsp3) is 1.00. The van der Waals surface area contributed by atoms with E-state index < -0.39 is 0 Å². The summed E-state index contributed by atoms with van der Waals surface area (Å²) in [5, 5.41) is 0. The molecular weight excluding hydrogens is 146 g/mol. The van der Waals surface area contributed by atoms with Crippen LogP contribution in [0.4, 0.5) is 0 Å². The second kappa shape index (κ2) is 5.99. The van der Waals surface area contributed by atoms with E-state index in [0.717, 1.165) is 0 Å². The second-order valence-electron chi connectivity index (χ2n) is 3.07. The average molecular weight is 164 g/mol. The van der Waals surface area contributed by atoms with Gasteiger partial charge in [-0.25, -0.2) is 0 Å². The molecule has 0 spiro atoms. The summed E-state index contributed by atoms with van der Waals surface area (Å²) >= 11 is 0. The minimum absolute atomic E-state index is 0. The first kappa shape index (κ1) is 10.2. The molecule has 1 saturated heterocycles. The van der Waals surface area contributed by atoms with E-state index in [4.69, 9.17) is 0 Å². The Hall–Kier alpha value is 0.250. The van der Waals surface area contributed by atoms with Crippen LogP contribution in [0.5, 0.6) is 0 Å². The van der Waals surface area contributed by atoms with E-state index in [-0.39, 0.29) is 12.4 Å². The Balaban J connectivity index is 0.000000810. The smallest absolute Gasteiger partial charge is 0.00218 e. The molecule has 0 saturated carbocycles. The van der Waals surface area contributed by atoms with Gasteiger partial charge in [-0.05, 0) is 33.0 Å². The van der Waals surface area contributed by atoms with E-state index in [1.807, 2.05) is 0 Å². The maximum Gasteiger partial charge on any atom is -0.00218 e. The van der Waals surface area contributed by atoms with Gasteiger partial charge in [-0.2, -0.15) is 0 Å². The summed E-state index contributed by atoms with van der Waals surface area (Å²) in [6.07, 6.45) is 7.19. The van der Waals surface area contributed by atoms with Gasteiger partial charge in [0.1, 0.15) is 0 Å². The van der Waals surface area contributed by atoms with Crippen molar-refractivity contribution in [1.29, 1.82) is 0 Å². The van der Waals surface area contributed by atoms with E-state index in [2.05, 4.69) is 11.9 Å². The minimum atomic E-state index is 0. The van der Waals surface area contributed by atoms with Gasteiger partial charge in [0.15, 0.2) is 0 Å². The van der Waals surface area contributed by atoms with Gasteiger partial charge >= 0.3 is 0 Å². The normalized spacial score (nSPS) is 22.5. The molecule has 0 aliphatic carbocycles. The molecule has 62 valence electrons. The van der Waals surface area contributed by atoms with Crippen LogP contribution in [0.1, 0.15) is 32.1 Å². The second-order valence-corrected chi connectivity index (χ2v) is 3.07. The quantitative estimate of drug-likeness (QED) is 0.530. The molecule has 0 radical (unpaired) electrons. The van der Waals surface area contributed by atoms with Crippen molar-refractivity contribution in [2.24, 2.45) is 0 Å². The van der Waals surface area contributed by atoms with Crippen molar-refractivity contribution < 1.29 is 0 Å². The van der Waals surface area contributed by atoms with Crippen LogP contribution >= 0.6 is 12.4 Å². The topological polar surface area (TPSA) is 3.24 Å². The molecule has 1 heterocycles. The van der Waals surface area contributed by atoms with Crippen molar-refractivity contribution in [3.8, 4) is 0 Å². The van der Waals surface area contributed by atoms with Crippen molar-refractivity contribution in [1.82, 2.24) is 4.90 Å². The van der Waals surface area contributed by atoms with Gasteiger partial charge in [-0.3, -0.25) is 0 Å². The lowest BCUT2D eigenvalue weighted by Crippen LogP contribution is -2.22. The number of rotatable bonds is 0. The molecule has 2 heteroatoms. The molecule has 1 fully saturated rings. The van der Waals surface area contributed by atoms with Gasteiger partial charge in [0, 0.05) is 0 Å². The molecule has 0 aromatic heterocycles. The van der Waals surface area contributed by atoms with E-state index in [9.17, 15) is 0 Å². The lowest BCUT2D eigenvalue weighted by atomic mass is 10.1. The van der Waals surface area contributed by atoms with Gasteiger partial charge in [-0.15, -0.1) is 12.4 Å². The SMILES string of the molecule is CN1CCCCCCC1.Cl. The number of hydrogen-bond acceptors (Lipinski definition) is 1. The highest BCUT2D eigenvalue weighted by molar-refractivity contribution is 5.85. The van der Waals surface area contributed by atoms with Crippen LogP contribution in [0.3, 0.4) is 0 Å². The first-order valence-corrected chi connectivity index (χ1v) is 4.08. The fourth-order valence-electron chi connectivity index (χ4n) is 1.41. The zero-order valence-corrected chi connectivity index (χ0v) is 7.62. The van der Waals surface area contributed by atoms with Gasteiger partial charge < -0.3 is 4.90 Å². The Labute approximate surface area is 70.2 Å². The van der Waals surface area contributed by atoms with Crippen LogP contribution in [-0.4, -0.2) is 25.0 Å². The molecule has 0 N–H and O–H groups in total. The van der Waals surface area contributed by atoms with E-state index in [1.54, 1.807) is 0 Å². The molecule has 1 nitrogen and oxygen atoms in total. The van der Waals surface area contributed by atoms with Gasteiger partial charge in [-0.1, -0.05) is 19.3 Å². The highest BCUT2D eigenvalue weighted by Gasteiger charge is 2.01. The van der Waals surface area contributed by atoms with E-state index >= 15 is 0 Å². The predicted octanol–water partition coefficient (Wildman–Crippen LogP) is 2.30. The van der Waals surface area contributed by atoms with Gasteiger partial charge in [0.2, 0.25) is 0 Å². The number of likely N-dealkylation sites (tertiary alicyclic amines) is 1. The summed E-state index contributed by atoms with van der Waals surface area (Å²) in [7, 11) is 2.23. The Kier molecular flexibility index (Phi) is 6.14. The molecule has 1 aliphatic heterocycles. The van der Waals surface area contributed by atoms with Crippen molar-refractivity contribution >= 4 is 12.4 Å². The summed E-state index contributed by atoms with van der Waals surface area (Å²) in [5.41, 5.74) is 0. The molecular formula is C8H18ClN.